The van der Waals surface area contributed by atoms with E-state index in [4.69, 9.17) is 4.74 Å². The van der Waals surface area contributed by atoms with Gasteiger partial charge in [0.2, 0.25) is 0 Å². The summed E-state index contributed by atoms with van der Waals surface area (Å²) in [6, 6.07) is 10.3. The number of nitrogens with zero attached hydrogens (tertiary/aromatic N) is 2. The van der Waals surface area contributed by atoms with E-state index in [-0.39, 0.29) is 6.15 Å². The molecule has 1 aromatic carbocycles. The van der Waals surface area contributed by atoms with E-state index >= 15 is 0 Å². The van der Waals surface area contributed by atoms with Gasteiger partial charge >= 0.3 is 0 Å². The Balaban J connectivity index is 0.00000242. The lowest BCUT2D eigenvalue weighted by atomic mass is 10.0. The van der Waals surface area contributed by atoms with Crippen LogP contribution in [0.5, 0.6) is 5.75 Å². The van der Waals surface area contributed by atoms with E-state index in [1.54, 1.807) is 7.11 Å². The highest BCUT2D eigenvalue weighted by atomic mass is 16.5. The third-order valence-electron chi connectivity index (χ3n) is 3.85. The molecule has 22 heavy (non-hydrogen) atoms. The van der Waals surface area contributed by atoms with Crippen LogP contribution in [0.2, 0.25) is 0 Å². The van der Waals surface area contributed by atoms with E-state index < -0.39 is 0 Å². The van der Waals surface area contributed by atoms with Crippen molar-refractivity contribution in [1.82, 2.24) is 11.1 Å². The molecular weight excluding hydrogens is 274 g/mol. The van der Waals surface area contributed by atoms with Crippen molar-refractivity contribution in [3.05, 3.63) is 53.3 Å². The Morgan fingerprint density at radius 3 is 2.27 bits per heavy atom. The second kappa shape index (κ2) is 8.39. The van der Waals surface area contributed by atoms with E-state index in [1.165, 1.54) is 22.5 Å². The van der Waals surface area contributed by atoms with Crippen LogP contribution in [-0.4, -0.2) is 19.1 Å². The fourth-order valence-corrected chi connectivity index (χ4v) is 2.65. The summed E-state index contributed by atoms with van der Waals surface area (Å²) in [7, 11) is 3.81. The molecule has 0 bridgehead atoms. The number of pyridine rings is 1. The summed E-state index contributed by atoms with van der Waals surface area (Å²) in [6.45, 7) is 5.26. The number of ether oxygens (including phenoxy) is 1. The van der Waals surface area contributed by atoms with Crippen LogP contribution < -0.4 is 15.8 Å². The van der Waals surface area contributed by atoms with Crippen molar-refractivity contribution in [1.29, 1.82) is 0 Å². The molecule has 0 spiro atoms. The Kier molecular flexibility index (Phi) is 6.86. The molecule has 4 nitrogen and oxygen atoms in total. The van der Waals surface area contributed by atoms with Crippen LogP contribution in [-0.2, 0) is 19.4 Å². The quantitative estimate of drug-likeness (QED) is 0.875. The van der Waals surface area contributed by atoms with Crippen molar-refractivity contribution in [2.45, 2.75) is 33.2 Å². The van der Waals surface area contributed by atoms with Crippen molar-refractivity contribution in [2.24, 2.45) is 0 Å². The first-order chi connectivity index (χ1) is 10.2. The first kappa shape index (κ1) is 18.0. The Hall–Kier alpha value is -2.07. The molecule has 0 unspecified atom stereocenters. The van der Waals surface area contributed by atoms with Crippen LogP contribution in [0.25, 0.3) is 0 Å². The molecule has 0 fully saturated rings. The van der Waals surface area contributed by atoms with E-state index in [0.29, 0.717) is 0 Å². The maximum Gasteiger partial charge on any atom is 0.119 e. The van der Waals surface area contributed by atoms with E-state index in [9.17, 15) is 0 Å². The van der Waals surface area contributed by atoms with Crippen molar-refractivity contribution < 1.29 is 4.74 Å². The molecule has 0 saturated carbocycles. The lowest BCUT2D eigenvalue weighted by molar-refractivity contribution is 0.415. The second-order valence-corrected chi connectivity index (χ2v) is 5.16. The SMILES string of the molecule is CCc1nccc(CN(C)c2ccc(OC)cc2)c1CC.N. The highest BCUT2D eigenvalue weighted by molar-refractivity contribution is 5.49. The number of aryl methyl sites for hydroxylation is 1. The Morgan fingerprint density at radius 2 is 1.73 bits per heavy atom. The molecule has 0 aliphatic carbocycles. The molecule has 4 heteroatoms. The van der Waals surface area contributed by atoms with Gasteiger partial charge in [-0.25, -0.2) is 0 Å². The van der Waals surface area contributed by atoms with Gasteiger partial charge in [0, 0.05) is 31.2 Å². The fraction of sp³-hybridized carbons (Fsp3) is 0.389. The van der Waals surface area contributed by atoms with Gasteiger partial charge in [-0.05, 0) is 54.3 Å². The minimum Gasteiger partial charge on any atom is -0.497 e. The van der Waals surface area contributed by atoms with Crippen LogP contribution in [0.3, 0.4) is 0 Å². The average Bonchev–Trinajstić information content (AvgIpc) is 2.54. The number of hydrogen-bond acceptors (Lipinski definition) is 4. The van der Waals surface area contributed by atoms with Crippen molar-refractivity contribution in [2.75, 3.05) is 19.1 Å². The van der Waals surface area contributed by atoms with Crippen LogP contribution in [0.4, 0.5) is 5.69 Å². The minimum absolute atomic E-state index is 0. The number of benzene rings is 1. The molecule has 120 valence electrons. The van der Waals surface area contributed by atoms with Crippen molar-refractivity contribution in [3.63, 3.8) is 0 Å². The Labute approximate surface area is 133 Å². The summed E-state index contributed by atoms with van der Waals surface area (Å²) in [5.41, 5.74) is 5.16. The molecule has 1 aromatic heterocycles. The summed E-state index contributed by atoms with van der Waals surface area (Å²) in [6.07, 6.45) is 3.95. The molecule has 0 aliphatic rings. The molecule has 1 heterocycles. The molecule has 2 rings (SSSR count). The fourth-order valence-electron chi connectivity index (χ4n) is 2.65. The summed E-state index contributed by atoms with van der Waals surface area (Å²) < 4.78 is 5.21. The largest absolute Gasteiger partial charge is 0.497 e. The van der Waals surface area contributed by atoms with E-state index in [0.717, 1.165) is 25.1 Å². The molecule has 0 amide bonds. The average molecular weight is 301 g/mol. The zero-order valence-corrected chi connectivity index (χ0v) is 14.1. The molecule has 2 aromatic rings. The van der Waals surface area contributed by atoms with Gasteiger partial charge in [-0.15, -0.1) is 0 Å². The van der Waals surface area contributed by atoms with Crippen LogP contribution in [0.1, 0.15) is 30.7 Å². The minimum atomic E-state index is 0. The second-order valence-electron chi connectivity index (χ2n) is 5.16. The Morgan fingerprint density at radius 1 is 1.05 bits per heavy atom. The third kappa shape index (κ3) is 3.98. The lowest BCUT2D eigenvalue weighted by Crippen LogP contribution is -2.18. The first-order valence-electron chi connectivity index (χ1n) is 7.50. The van der Waals surface area contributed by atoms with Crippen LogP contribution >= 0.6 is 0 Å². The monoisotopic (exact) mass is 301 g/mol. The molecule has 3 N–H and O–H groups in total. The zero-order chi connectivity index (χ0) is 15.2. The molecular formula is C18H27N3O. The summed E-state index contributed by atoms with van der Waals surface area (Å²) in [5, 5.41) is 0. The predicted octanol–water partition coefficient (Wildman–Crippen LogP) is 4.01. The zero-order valence-electron chi connectivity index (χ0n) is 14.1. The Bertz CT molecular complexity index is 581. The van der Waals surface area contributed by atoms with Gasteiger partial charge in [0.05, 0.1) is 7.11 Å². The van der Waals surface area contributed by atoms with Crippen molar-refractivity contribution >= 4 is 5.69 Å². The highest BCUT2D eigenvalue weighted by Gasteiger charge is 2.09. The van der Waals surface area contributed by atoms with Gasteiger partial charge < -0.3 is 15.8 Å². The van der Waals surface area contributed by atoms with E-state index in [2.05, 4.69) is 49.0 Å². The topological polar surface area (TPSA) is 60.4 Å². The molecule has 0 radical (unpaired) electrons. The number of anilines is 1. The van der Waals surface area contributed by atoms with Crippen molar-refractivity contribution in [3.8, 4) is 5.75 Å². The van der Waals surface area contributed by atoms with Gasteiger partial charge in [0.25, 0.3) is 0 Å². The standard InChI is InChI=1S/C18H24N2O.H3N/c1-5-17-14(11-12-19-18(17)6-2)13-20(3)15-7-9-16(21-4)10-8-15;/h7-12H,5-6,13H2,1-4H3;1H3. The van der Waals surface area contributed by atoms with Gasteiger partial charge in [0.15, 0.2) is 0 Å². The van der Waals surface area contributed by atoms with Gasteiger partial charge in [0.1, 0.15) is 5.75 Å². The lowest BCUT2D eigenvalue weighted by Gasteiger charge is -2.22. The number of methoxy groups -OCH3 is 1. The molecule has 0 saturated heterocycles. The number of hydrogen-bond donors (Lipinski definition) is 1. The maximum atomic E-state index is 5.21. The third-order valence-corrected chi connectivity index (χ3v) is 3.85. The number of rotatable bonds is 6. The maximum absolute atomic E-state index is 5.21. The summed E-state index contributed by atoms with van der Waals surface area (Å²) >= 11 is 0. The van der Waals surface area contributed by atoms with Crippen LogP contribution in [0.15, 0.2) is 36.5 Å². The first-order valence-corrected chi connectivity index (χ1v) is 7.50. The summed E-state index contributed by atoms with van der Waals surface area (Å²) in [5.74, 6) is 0.888. The molecule has 0 aliphatic heterocycles. The van der Waals surface area contributed by atoms with Gasteiger partial charge in [-0.3, -0.25) is 4.98 Å². The van der Waals surface area contributed by atoms with Crippen LogP contribution in [0, 0.1) is 0 Å². The van der Waals surface area contributed by atoms with Gasteiger partial charge in [-0.1, -0.05) is 13.8 Å². The summed E-state index contributed by atoms with van der Waals surface area (Å²) in [4.78, 5) is 6.75. The highest BCUT2D eigenvalue weighted by Crippen LogP contribution is 2.22. The molecule has 0 atom stereocenters. The van der Waals surface area contributed by atoms with Gasteiger partial charge in [-0.2, -0.15) is 0 Å². The smallest absolute Gasteiger partial charge is 0.119 e. The van der Waals surface area contributed by atoms with E-state index in [1.807, 2.05) is 18.3 Å². The number of aromatic nitrogens is 1. The normalized spacial score (nSPS) is 10.0. The predicted molar refractivity (Wildman–Crippen MR) is 93.1 cm³/mol.